The van der Waals surface area contributed by atoms with E-state index in [0.29, 0.717) is 23.0 Å². The van der Waals surface area contributed by atoms with Crippen LogP contribution in [-0.4, -0.2) is 35.4 Å². The van der Waals surface area contributed by atoms with Gasteiger partial charge in [-0.2, -0.15) is 0 Å². The molecule has 4 rings (SSSR count). The molecular formula is C34H34N4O6. The van der Waals surface area contributed by atoms with Crippen molar-refractivity contribution in [3.8, 4) is 23.0 Å². The third kappa shape index (κ3) is 10.8. The molecule has 0 saturated heterocycles. The van der Waals surface area contributed by atoms with Crippen molar-refractivity contribution in [2.45, 2.75) is 38.5 Å². The van der Waals surface area contributed by atoms with Crippen molar-refractivity contribution in [1.29, 1.82) is 0 Å². The van der Waals surface area contributed by atoms with Gasteiger partial charge < -0.3 is 9.47 Å². The van der Waals surface area contributed by atoms with Crippen molar-refractivity contribution in [1.82, 2.24) is 0 Å². The zero-order chi connectivity index (χ0) is 31.0. The number of non-ortho nitro benzene ring substituents is 2. The van der Waals surface area contributed by atoms with Gasteiger partial charge in [-0.05, 0) is 96.8 Å². The van der Waals surface area contributed by atoms with Gasteiger partial charge in [-0.15, -0.1) is 0 Å². The molecule has 0 atom stereocenters. The van der Waals surface area contributed by atoms with Gasteiger partial charge in [-0.3, -0.25) is 30.2 Å². The van der Waals surface area contributed by atoms with Gasteiger partial charge in [0.05, 0.1) is 9.85 Å². The summed E-state index contributed by atoms with van der Waals surface area (Å²) in [6.07, 6.45) is 10.5. The standard InChI is InChI=1S/C34H34N4O6/c39-37(40)29-11-19-33(20-12-29)43-31-15-7-27(8-16-31)25-35-23-5-3-1-2-4-6-24-36-26-28-9-17-32(18-10-28)44-34-21-13-30(14-22-34)38(41)42/h7-22,25-26H,1-6,23-24H2. The fourth-order valence-corrected chi connectivity index (χ4v) is 4.24. The van der Waals surface area contributed by atoms with Crippen LogP contribution in [0.2, 0.25) is 0 Å². The van der Waals surface area contributed by atoms with Gasteiger partial charge in [0.1, 0.15) is 23.0 Å². The summed E-state index contributed by atoms with van der Waals surface area (Å²) in [4.78, 5) is 29.7. The molecule has 10 nitrogen and oxygen atoms in total. The molecule has 0 amide bonds. The second-order valence-corrected chi connectivity index (χ2v) is 10.0. The largest absolute Gasteiger partial charge is 0.457 e. The lowest BCUT2D eigenvalue weighted by Gasteiger charge is -2.05. The lowest BCUT2D eigenvalue weighted by Crippen LogP contribution is -1.90. The molecule has 0 fully saturated rings. The molecule has 0 bridgehead atoms. The van der Waals surface area contributed by atoms with Crippen LogP contribution in [0.3, 0.4) is 0 Å². The monoisotopic (exact) mass is 594 g/mol. The topological polar surface area (TPSA) is 129 Å². The van der Waals surface area contributed by atoms with Crippen LogP contribution < -0.4 is 9.47 Å². The van der Waals surface area contributed by atoms with Crippen molar-refractivity contribution in [2.24, 2.45) is 9.98 Å². The van der Waals surface area contributed by atoms with Crippen molar-refractivity contribution in [2.75, 3.05) is 13.1 Å². The number of benzene rings is 4. The molecular weight excluding hydrogens is 560 g/mol. The first kappa shape index (κ1) is 31.6. The average molecular weight is 595 g/mol. The third-order valence-corrected chi connectivity index (χ3v) is 6.63. The highest BCUT2D eigenvalue weighted by Crippen LogP contribution is 2.25. The highest BCUT2D eigenvalue weighted by atomic mass is 16.6. The molecule has 10 heteroatoms. The summed E-state index contributed by atoms with van der Waals surface area (Å²) in [5, 5.41) is 21.5. The maximum atomic E-state index is 10.8. The van der Waals surface area contributed by atoms with Crippen LogP contribution in [0, 0.1) is 20.2 Å². The Hall–Kier alpha value is -5.38. The van der Waals surface area contributed by atoms with Crippen molar-refractivity contribution < 1.29 is 19.3 Å². The Morgan fingerprint density at radius 3 is 1.09 bits per heavy atom. The number of hydrogen-bond donors (Lipinski definition) is 0. The first-order chi connectivity index (χ1) is 21.5. The summed E-state index contributed by atoms with van der Waals surface area (Å²) in [7, 11) is 0. The Labute approximate surface area is 256 Å². The lowest BCUT2D eigenvalue weighted by atomic mass is 10.1. The maximum Gasteiger partial charge on any atom is 0.269 e. The SMILES string of the molecule is O=[N+]([O-])c1ccc(Oc2ccc(C=NCCCCCCCCN=Cc3ccc(Oc4ccc([N+](=O)[O-])cc4)cc3)cc2)cc1. The Kier molecular flexibility index (Phi) is 12.1. The van der Waals surface area contributed by atoms with Gasteiger partial charge in [-0.25, -0.2) is 0 Å². The fraction of sp³-hybridized carbons (Fsp3) is 0.235. The first-order valence-corrected chi connectivity index (χ1v) is 14.5. The van der Waals surface area contributed by atoms with Gasteiger partial charge >= 0.3 is 0 Å². The van der Waals surface area contributed by atoms with E-state index >= 15 is 0 Å². The van der Waals surface area contributed by atoms with E-state index in [1.807, 2.05) is 61.0 Å². The number of unbranched alkanes of at least 4 members (excludes halogenated alkanes) is 5. The van der Waals surface area contributed by atoms with Crippen LogP contribution in [0.4, 0.5) is 11.4 Å². The highest BCUT2D eigenvalue weighted by Gasteiger charge is 2.06. The van der Waals surface area contributed by atoms with Crippen LogP contribution in [0.1, 0.15) is 49.7 Å². The molecule has 44 heavy (non-hydrogen) atoms. The summed E-state index contributed by atoms with van der Waals surface area (Å²) in [5.74, 6) is 2.40. The van der Waals surface area contributed by atoms with Gasteiger partial charge in [-0.1, -0.05) is 25.7 Å². The number of aliphatic imine (C=N–C) groups is 2. The van der Waals surface area contributed by atoms with Crippen LogP contribution in [0.25, 0.3) is 0 Å². The van der Waals surface area contributed by atoms with Crippen LogP contribution in [0.15, 0.2) is 107 Å². The molecule has 0 aliphatic heterocycles. The van der Waals surface area contributed by atoms with Crippen molar-refractivity contribution in [3.05, 3.63) is 128 Å². The zero-order valence-electron chi connectivity index (χ0n) is 24.3. The van der Waals surface area contributed by atoms with Gasteiger partial charge in [0, 0.05) is 49.8 Å². The summed E-state index contributed by atoms with van der Waals surface area (Å²) >= 11 is 0. The van der Waals surface area contributed by atoms with Crippen molar-refractivity contribution >= 4 is 23.8 Å². The Balaban J connectivity index is 1.02. The first-order valence-electron chi connectivity index (χ1n) is 14.5. The number of nitrogens with zero attached hydrogens (tertiary/aromatic N) is 4. The molecule has 4 aromatic rings. The third-order valence-electron chi connectivity index (χ3n) is 6.63. The van der Waals surface area contributed by atoms with E-state index in [4.69, 9.17) is 9.47 Å². The van der Waals surface area contributed by atoms with E-state index < -0.39 is 9.85 Å². The molecule has 0 radical (unpaired) electrons. The summed E-state index contributed by atoms with van der Waals surface area (Å²) in [5.41, 5.74) is 2.05. The minimum atomic E-state index is -0.438. The molecule has 0 aromatic heterocycles. The molecule has 0 aliphatic carbocycles. The Morgan fingerprint density at radius 2 is 0.773 bits per heavy atom. The molecule has 226 valence electrons. The van der Waals surface area contributed by atoms with Crippen LogP contribution in [-0.2, 0) is 0 Å². The highest BCUT2D eigenvalue weighted by molar-refractivity contribution is 5.80. The summed E-state index contributed by atoms with van der Waals surface area (Å²) < 4.78 is 11.5. The molecule has 0 aliphatic rings. The minimum absolute atomic E-state index is 0.0300. The van der Waals surface area contributed by atoms with E-state index in [1.165, 1.54) is 37.1 Å². The molecule has 4 aromatic carbocycles. The fourth-order valence-electron chi connectivity index (χ4n) is 4.24. The number of hydrogen-bond acceptors (Lipinski definition) is 8. The zero-order valence-corrected chi connectivity index (χ0v) is 24.3. The quantitative estimate of drug-likeness (QED) is 0.0519. The Bertz CT molecular complexity index is 1420. The average Bonchev–Trinajstić information content (AvgIpc) is 3.03. The van der Waals surface area contributed by atoms with E-state index in [9.17, 15) is 20.2 Å². The lowest BCUT2D eigenvalue weighted by molar-refractivity contribution is -0.385. The minimum Gasteiger partial charge on any atom is -0.457 e. The normalized spacial score (nSPS) is 11.2. The second kappa shape index (κ2) is 16.9. The van der Waals surface area contributed by atoms with Crippen LogP contribution >= 0.6 is 0 Å². The van der Waals surface area contributed by atoms with E-state index in [-0.39, 0.29) is 11.4 Å². The summed E-state index contributed by atoms with van der Waals surface area (Å²) in [6, 6.07) is 27.1. The van der Waals surface area contributed by atoms with Gasteiger partial charge in [0.15, 0.2) is 0 Å². The molecule has 0 spiro atoms. The molecule has 0 heterocycles. The van der Waals surface area contributed by atoms with E-state index in [2.05, 4.69) is 9.98 Å². The number of nitro groups is 2. The predicted molar refractivity (Wildman–Crippen MR) is 172 cm³/mol. The maximum absolute atomic E-state index is 10.8. The smallest absolute Gasteiger partial charge is 0.269 e. The van der Waals surface area contributed by atoms with Crippen LogP contribution in [0.5, 0.6) is 23.0 Å². The van der Waals surface area contributed by atoms with E-state index in [0.717, 1.165) is 49.9 Å². The molecule has 0 unspecified atom stereocenters. The van der Waals surface area contributed by atoms with Gasteiger partial charge in [0.2, 0.25) is 0 Å². The van der Waals surface area contributed by atoms with Gasteiger partial charge in [0.25, 0.3) is 11.4 Å². The number of ether oxygens (including phenoxy) is 2. The number of nitro benzene ring substituents is 2. The number of rotatable bonds is 17. The molecule has 0 saturated carbocycles. The summed E-state index contributed by atoms with van der Waals surface area (Å²) in [6.45, 7) is 1.59. The Morgan fingerprint density at radius 1 is 0.477 bits per heavy atom. The van der Waals surface area contributed by atoms with E-state index in [1.54, 1.807) is 24.3 Å². The molecule has 0 N–H and O–H groups in total. The van der Waals surface area contributed by atoms with Crippen molar-refractivity contribution in [3.63, 3.8) is 0 Å². The second-order valence-electron chi connectivity index (χ2n) is 10.0. The predicted octanol–water partition coefficient (Wildman–Crippen LogP) is 8.97.